The van der Waals surface area contributed by atoms with E-state index in [0.29, 0.717) is 18.7 Å². The van der Waals surface area contributed by atoms with Gasteiger partial charge in [-0.1, -0.05) is 20.8 Å². The lowest BCUT2D eigenvalue weighted by Gasteiger charge is -2.41. The van der Waals surface area contributed by atoms with E-state index in [0.717, 1.165) is 68.6 Å². The van der Waals surface area contributed by atoms with Crippen LogP contribution in [0.15, 0.2) is 6.07 Å². The average molecular weight is 446 g/mol. The number of methoxy groups -OCH3 is 1. The molecule has 7 heteroatoms. The molecule has 2 fully saturated rings. The van der Waals surface area contributed by atoms with Gasteiger partial charge in [-0.2, -0.15) is 0 Å². The Labute approximate surface area is 194 Å². The standard InChI is InChI=1S/C25H43N5O2/c1-19-17-30(23-16-22(11-15-32-5)27-24(28-23)25(2,3)4)14-13-29(19)12-10-20-6-8-21(9-7-20)26-18-31/h16,18-21H,6-15,17H2,1-5H3,(H,26,31)/t19-,20-,21-/m1/s1. The summed E-state index contributed by atoms with van der Waals surface area (Å²) in [7, 11) is 1.74. The van der Waals surface area contributed by atoms with Crippen LogP contribution in [0.25, 0.3) is 0 Å². The van der Waals surface area contributed by atoms with Crippen molar-refractivity contribution in [1.82, 2.24) is 20.2 Å². The number of carbonyl (C=O) groups is 1. The summed E-state index contributed by atoms with van der Waals surface area (Å²) in [4.78, 5) is 25.5. The van der Waals surface area contributed by atoms with Crippen molar-refractivity contribution in [3.05, 3.63) is 17.6 Å². The molecule has 0 radical (unpaired) electrons. The summed E-state index contributed by atoms with van der Waals surface area (Å²) in [5.74, 6) is 2.77. The van der Waals surface area contributed by atoms with E-state index < -0.39 is 0 Å². The predicted octanol–water partition coefficient (Wildman–Crippen LogP) is 3.17. The molecule has 1 aromatic rings. The van der Waals surface area contributed by atoms with Crippen molar-refractivity contribution in [1.29, 1.82) is 0 Å². The normalized spacial score (nSPS) is 25.0. The third kappa shape index (κ3) is 6.88. The van der Waals surface area contributed by atoms with Gasteiger partial charge in [0.05, 0.1) is 6.61 Å². The molecule has 1 atom stereocenters. The van der Waals surface area contributed by atoms with E-state index in [9.17, 15) is 4.79 Å². The second-order valence-corrected chi connectivity index (χ2v) is 10.7. The van der Waals surface area contributed by atoms with Gasteiger partial charge in [0.25, 0.3) is 0 Å². The molecule has 32 heavy (non-hydrogen) atoms. The lowest BCUT2D eigenvalue weighted by molar-refractivity contribution is -0.110. The van der Waals surface area contributed by atoms with Crippen LogP contribution in [0.4, 0.5) is 5.82 Å². The van der Waals surface area contributed by atoms with Crippen molar-refractivity contribution in [2.45, 2.75) is 83.7 Å². The molecule has 1 aliphatic heterocycles. The highest BCUT2D eigenvalue weighted by atomic mass is 16.5. The Bertz CT molecular complexity index is 728. The third-order valence-corrected chi connectivity index (χ3v) is 7.06. The van der Waals surface area contributed by atoms with Crippen molar-refractivity contribution in [3.8, 4) is 0 Å². The quantitative estimate of drug-likeness (QED) is 0.589. The van der Waals surface area contributed by atoms with Gasteiger partial charge < -0.3 is 15.0 Å². The minimum atomic E-state index is -0.0779. The number of anilines is 1. The van der Waals surface area contributed by atoms with Crippen LogP contribution >= 0.6 is 0 Å². The third-order valence-electron chi connectivity index (χ3n) is 7.06. The molecule has 0 bridgehead atoms. The van der Waals surface area contributed by atoms with Crippen LogP contribution in [0.5, 0.6) is 0 Å². The summed E-state index contributed by atoms with van der Waals surface area (Å²) in [6, 6.07) is 3.06. The minimum absolute atomic E-state index is 0.0779. The second kappa shape index (κ2) is 11.4. The van der Waals surface area contributed by atoms with Crippen LogP contribution in [0.1, 0.15) is 71.3 Å². The number of piperazine rings is 1. The molecule has 3 rings (SSSR count). The maximum atomic E-state index is 10.6. The highest BCUT2D eigenvalue weighted by Gasteiger charge is 2.28. The zero-order valence-electron chi connectivity index (χ0n) is 20.8. The van der Waals surface area contributed by atoms with Crippen molar-refractivity contribution in [3.63, 3.8) is 0 Å². The Hall–Kier alpha value is -1.73. The number of hydrogen-bond acceptors (Lipinski definition) is 6. The molecular weight excluding hydrogens is 402 g/mol. The number of nitrogens with zero attached hydrogens (tertiary/aromatic N) is 4. The van der Waals surface area contributed by atoms with Crippen LogP contribution in [0.2, 0.25) is 0 Å². The molecule has 1 amide bonds. The average Bonchev–Trinajstić information content (AvgIpc) is 2.77. The van der Waals surface area contributed by atoms with Crippen molar-refractivity contribution < 1.29 is 9.53 Å². The van der Waals surface area contributed by atoms with E-state index in [2.05, 4.69) is 48.9 Å². The molecule has 2 aliphatic rings. The number of rotatable bonds is 9. The minimum Gasteiger partial charge on any atom is -0.384 e. The summed E-state index contributed by atoms with van der Waals surface area (Å²) in [6.45, 7) is 13.8. The van der Waals surface area contributed by atoms with Gasteiger partial charge in [-0.05, 0) is 51.5 Å². The zero-order valence-corrected chi connectivity index (χ0v) is 20.8. The molecule has 0 spiro atoms. The maximum absolute atomic E-state index is 10.6. The molecule has 1 aromatic heterocycles. The summed E-state index contributed by atoms with van der Waals surface area (Å²) in [6.07, 6.45) is 7.66. The molecule has 0 aromatic carbocycles. The molecule has 2 heterocycles. The van der Waals surface area contributed by atoms with E-state index in [1.54, 1.807) is 7.11 Å². The second-order valence-electron chi connectivity index (χ2n) is 10.7. The van der Waals surface area contributed by atoms with Crippen LogP contribution in [0, 0.1) is 5.92 Å². The van der Waals surface area contributed by atoms with E-state index in [-0.39, 0.29) is 5.41 Å². The number of nitrogens with one attached hydrogen (secondary N) is 1. The first-order chi connectivity index (χ1) is 15.3. The number of amides is 1. The highest BCUT2D eigenvalue weighted by Crippen LogP contribution is 2.28. The SMILES string of the molecule is COCCc1cc(N2CCN(CC[C@H]3CC[C@H](NC=O)CC3)[C@H](C)C2)nc(C(C)(C)C)n1. The lowest BCUT2D eigenvalue weighted by atomic mass is 9.84. The van der Waals surface area contributed by atoms with Gasteiger partial charge in [0.15, 0.2) is 0 Å². The largest absolute Gasteiger partial charge is 0.384 e. The van der Waals surface area contributed by atoms with Crippen LogP contribution in [-0.4, -0.2) is 73.3 Å². The highest BCUT2D eigenvalue weighted by molar-refractivity contribution is 5.46. The molecule has 1 saturated carbocycles. The number of hydrogen-bond donors (Lipinski definition) is 1. The summed E-state index contributed by atoms with van der Waals surface area (Å²) >= 11 is 0. The lowest BCUT2D eigenvalue weighted by Crippen LogP contribution is -2.52. The van der Waals surface area contributed by atoms with Crippen LogP contribution in [-0.2, 0) is 21.4 Å². The molecule has 180 valence electrons. The molecule has 0 unspecified atom stereocenters. The first-order valence-corrected chi connectivity index (χ1v) is 12.4. The Morgan fingerprint density at radius 3 is 2.56 bits per heavy atom. The number of carbonyl (C=O) groups excluding carboxylic acids is 1. The predicted molar refractivity (Wildman–Crippen MR) is 129 cm³/mol. The van der Waals surface area contributed by atoms with Gasteiger partial charge in [-0.3, -0.25) is 9.69 Å². The van der Waals surface area contributed by atoms with Gasteiger partial charge in [0.2, 0.25) is 6.41 Å². The summed E-state index contributed by atoms with van der Waals surface area (Å²) in [5.41, 5.74) is 0.988. The van der Waals surface area contributed by atoms with Gasteiger partial charge >= 0.3 is 0 Å². The van der Waals surface area contributed by atoms with Crippen molar-refractivity contribution >= 4 is 12.2 Å². The smallest absolute Gasteiger partial charge is 0.207 e. The fraction of sp³-hybridized carbons (Fsp3) is 0.800. The first kappa shape index (κ1) is 24.9. The van der Waals surface area contributed by atoms with E-state index in [1.165, 1.54) is 25.8 Å². The first-order valence-electron chi connectivity index (χ1n) is 12.4. The Balaban J connectivity index is 1.56. The van der Waals surface area contributed by atoms with Crippen molar-refractivity contribution in [2.75, 3.05) is 44.8 Å². The Morgan fingerprint density at radius 2 is 1.94 bits per heavy atom. The Morgan fingerprint density at radius 1 is 1.19 bits per heavy atom. The van der Waals surface area contributed by atoms with E-state index in [1.807, 2.05) is 0 Å². The van der Waals surface area contributed by atoms with E-state index >= 15 is 0 Å². The maximum Gasteiger partial charge on any atom is 0.207 e. The van der Waals surface area contributed by atoms with Gasteiger partial charge in [-0.25, -0.2) is 9.97 Å². The van der Waals surface area contributed by atoms with Crippen LogP contribution < -0.4 is 10.2 Å². The molecule has 7 nitrogen and oxygen atoms in total. The number of ether oxygens (including phenoxy) is 1. The summed E-state index contributed by atoms with van der Waals surface area (Å²) in [5, 5.41) is 2.95. The fourth-order valence-corrected chi connectivity index (χ4v) is 4.91. The van der Waals surface area contributed by atoms with Crippen LogP contribution in [0.3, 0.4) is 0 Å². The molecular formula is C25H43N5O2. The fourth-order valence-electron chi connectivity index (χ4n) is 4.91. The topological polar surface area (TPSA) is 70.6 Å². The Kier molecular flexibility index (Phi) is 8.88. The van der Waals surface area contributed by atoms with Gasteiger partial charge in [-0.15, -0.1) is 0 Å². The van der Waals surface area contributed by atoms with Gasteiger partial charge in [0.1, 0.15) is 11.6 Å². The molecule has 1 aliphatic carbocycles. The van der Waals surface area contributed by atoms with Crippen molar-refractivity contribution in [2.24, 2.45) is 5.92 Å². The van der Waals surface area contributed by atoms with Gasteiger partial charge in [0, 0.05) is 62.4 Å². The zero-order chi connectivity index (χ0) is 23.1. The summed E-state index contributed by atoms with van der Waals surface area (Å²) < 4.78 is 5.28. The molecule has 1 saturated heterocycles. The molecule has 1 N–H and O–H groups in total. The monoisotopic (exact) mass is 445 g/mol. The number of aromatic nitrogens is 2. The van der Waals surface area contributed by atoms with E-state index in [4.69, 9.17) is 14.7 Å².